The van der Waals surface area contributed by atoms with Crippen LogP contribution in [0.2, 0.25) is 0 Å². The topological polar surface area (TPSA) is 397 Å². The molecule has 5 saturated heterocycles. The number of amides is 8. The summed E-state index contributed by atoms with van der Waals surface area (Å²) in [6.45, 7) is 26.6. The van der Waals surface area contributed by atoms with Crippen molar-refractivity contribution in [3.05, 3.63) is 148 Å². The quantitative estimate of drug-likeness (QED) is 0.0417. The van der Waals surface area contributed by atoms with Gasteiger partial charge in [0, 0.05) is 65.4 Å². The summed E-state index contributed by atoms with van der Waals surface area (Å²) in [6.07, 6.45) is 11.3. The summed E-state index contributed by atoms with van der Waals surface area (Å²) in [5.74, 6) is 4.56. The fourth-order valence-electron chi connectivity index (χ4n) is 18.9. The van der Waals surface area contributed by atoms with E-state index >= 15 is 0 Å². The molecule has 7 aliphatic rings. The minimum Gasteiger partial charge on any atom is -0.488 e. The zero-order valence-electron chi connectivity index (χ0n) is 76.2. The van der Waals surface area contributed by atoms with Crippen LogP contribution in [0, 0.1) is 17.8 Å². The number of halogens is 1. The van der Waals surface area contributed by atoms with E-state index < -0.39 is 47.6 Å². The molecule has 0 unspecified atom stereocenters. The number of carbonyl (C=O) groups excluding carboxylic acids is 8. The molecule has 5 aromatic heterocycles. The van der Waals surface area contributed by atoms with Crippen LogP contribution in [-0.4, -0.2) is 206 Å². The summed E-state index contributed by atoms with van der Waals surface area (Å²) in [4.78, 5) is 152. The van der Waals surface area contributed by atoms with Crippen LogP contribution < -0.4 is 25.4 Å². The van der Waals surface area contributed by atoms with Gasteiger partial charge in [-0.25, -0.2) is 48.9 Å². The summed E-state index contributed by atoms with van der Waals surface area (Å²) in [6, 6.07) is 26.2. The first-order valence-corrected chi connectivity index (χ1v) is 45.7. The smallest absolute Gasteiger partial charge is 0.410 e. The number of rotatable bonds is 16. The van der Waals surface area contributed by atoms with E-state index in [1.165, 1.54) is 21.3 Å². The average molecular weight is 1840 g/mol. The van der Waals surface area contributed by atoms with Crippen LogP contribution in [0.4, 0.5) is 24.0 Å². The van der Waals surface area contributed by atoms with Crippen molar-refractivity contribution in [3.63, 3.8) is 0 Å². The second-order valence-corrected chi connectivity index (χ2v) is 38.2. The minimum absolute atomic E-state index is 0.00819. The van der Waals surface area contributed by atoms with E-state index in [4.69, 9.17) is 53.1 Å². The number of aromatic amines is 5. The van der Waals surface area contributed by atoms with Crippen LogP contribution in [0.25, 0.3) is 88.4 Å². The number of H-pyrrole nitrogens is 5. The third-order valence-corrected chi connectivity index (χ3v) is 25.7. The Kier molecular flexibility index (Phi) is 26.0. The van der Waals surface area contributed by atoms with Gasteiger partial charge in [0.15, 0.2) is 0 Å². The highest BCUT2D eigenvalue weighted by Gasteiger charge is 2.44. The molecule has 11 aromatic rings. The highest BCUT2D eigenvalue weighted by Crippen LogP contribution is 2.49. The number of hydrogen-bond donors (Lipinski definition) is 8. The molecule has 686 valence electrons. The van der Waals surface area contributed by atoms with Gasteiger partial charge in [-0.05, 0) is 221 Å². The summed E-state index contributed by atoms with van der Waals surface area (Å²) < 4.78 is 39.3. The lowest BCUT2D eigenvalue weighted by Gasteiger charge is -2.30. The maximum atomic E-state index is 13.7. The van der Waals surface area contributed by atoms with Gasteiger partial charge in [-0.1, -0.05) is 77.9 Å². The monoisotopic (exact) mass is 1840 g/mol. The molecule has 8 N–H and O–H groups in total. The molecule has 5 fully saturated rings. The maximum Gasteiger partial charge on any atom is 0.410 e. The van der Waals surface area contributed by atoms with Gasteiger partial charge in [0.1, 0.15) is 87.8 Å². The molecular formula is C96H115BrN18O15. The van der Waals surface area contributed by atoms with Crippen LogP contribution in [0.1, 0.15) is 218 Å². The molecule has 130 heavy (non-hydrogen) atoms. The van der Waals surface area contributed by atoms with Crippen LogP contribution in [0.15, 0.2) is 108 Å². The van der Waals surface area contributed by atoms with Crippen LogP contribution in [0.3, 0.4) is 0 Å². The number of nitrogens with one attached hydrogen (secondary N) is 8. The van der Waals surface area contributed by atoms with E-state index in [0.29, 0.717) is 45.2 Å². The van der Waals surface area contributed by atoms with Gasteiger partial charge in [0.05, 0.1) is 104 Å². The highest BCUT2D eigenvalue weighted by molar-refractivity contribution is 9.10. The largest absolute Gasteiger partial charge is 0.488 e. The summed E-state index contributed by atoms with van der Waals surface area (Å²) in [5, 5.41) is 12.0. The van der Waals surface area contributed by atoms with Crippen molar-refractivity contribution in [2.24, 2.45) is 17.8 Å². The predicted molar refractivity (Wildman–Crippen MR) is 492 cm³/mol. The summed E-state index contributed by atoms with van der Waals surface area (Å²) in [7, 11) is 3.88. The Balaban J connectivity index is 0.000000160. The highest BCUT2D eigenvalue weighted by atomic mass is 79.9. The lowest BCUT2D eigenvalue weighted by molar-refractivity contribution is -0.136. The van der Waals surface area contributed by atoms with E-state index in [1.807, 2.05) is 122 Å². The Morgan fingerprint density at radius 3 is 1.07 bits per heavy atom. The van der Waals surface area contributed by atoms with Gasteiger partial charge < -0.3 is 88.7 Å². The molecule has 0 radical (unpaired) electrons. The molecule has 0 bridgehead atoms. The molecule has 6 aromatic carbocycles. The van der Waals surface area contributed by atoms with Crippen molar-refractivity contribution in [1.82, 2.24) is 90.3 Å². The Morgan fingerprint density at radius 2 is 0.731 bits per heavy atom. The lowest BCUT2D eigenvalue weighted by atomic mass is 9.92. The van der Waals surface area contributed by atoms with E-state index in [1.54, 1.807) is 16.0 Å². The predicted octanol–water partition coefficient (Wildman–Crippen LogP) is 17.8. The van der Waals surface area contributed by atoms with Crippen LogP contribution in [-0.2, 0) is 51.3 Å². The molecule has 33 nitrogen and oxygen atoms in total. The van der Waals surface area contributed by atoms with Gasteiger partial charge in [0.25, 0.3) is 0 Å². The fraction of sp³-hybridized carbons (Fsp3) is 0.469. The Morgan fingerprint density at radius 1 is 0.408 bits per heavy atom. The molecule has 0 saturated carbocycles. The summed E-state index contributed by atoms with van der Waals surface area (Å²) in [5.41, 5.74) is 12.4. The maximum absolute atomic E-state index is 13.7. The second-order valence-electron chi connectivity index (χ2n) is 37.3. The van der Waals surface area contributed by atoms with Crippen molar-refractivity contribution >= 4 is 108 Å². The Labute approximate surface area is 761 Å². The molecule has 0 aliphatic carbocycles. The fourth-order valence-corrected chi connectivity index (χ4v) is 19.2. The van der Waals surface area contributed by atoms with Gasteiger partial charge in [-0.15, -0.1) is 0 Å². The molecule has 7 aliphatic heterocycles. The number of fused-ring (bicyclic) bond motifs is 14. The zero-order valence-corrected chi connectivity index (χ0v) is 77.7. The van der Waals surface area contributed by atoms with Gasteiger partial charge >= 0.3 is 30.5 Å². The van der Waals surface area contributed by atoms with Crippen molar-refractivity contribution in [2.75, 3.05) is 54.1 Å². The van der Waals surface area contributed by atoms with Crippen molar-refractivity contribution < 1.29 is 71.5 Å². The molecule has 8 amide bonds. The number of carbonyl (C=O) groups is 8. The Bertz CT molecular complexity index is 6130. The third-order valence-electron chi connectivity index (χ3n) is 25.3. The molecule has 18 rings (SSSR count). The lowest BCUT2D eigenvalue weighted by Crippen LogP contribution is -2.51. The first kappa shape index (κ1) is 90.6. The normalized spacial score (nSPS) is 18.9. The van der Waals surface area contributed by atoms with Gasteiger partial charge in [-0.3, -0.25) is 24.2 Å². The van der Waals surface area contributed by atoms with Crippen molar-refractivity contribution in [1.29, 1.82) is 0 Å². The third kappa shape index (κ3) is 18.6. The number of hydrogen-bond acceptors (Lipinski definition) is 20. The number of alkyl carbamates (subject to hydrolysis) is 3. The molecule has 12 heterocycles. The zero-order chi connectivity index (χ0) is 92.1. The number of methoxy groups -OCH3 is 3. The Hall–Kier alpha value is -12.8. The van der Waals surface area contributed by atoms with E-state index in [-0.39, 0.29) is 77.9 Å². The van der Waals surface area contributed by atoms with Crippen LogP contribution >= 0.6 is 15.9 Å². The molecular weight excluding hydrogens is 1730 g/mol. The molecule has 0 spiro atoms. The minimum atomic E-state index is -0.708. The van der Waals surface area contributed by atoms with Gasteiger partial charge in [0.2, 0.25) is 17.7 Å². The van der Waals surface area contributed by atoms with E-state index in [0.717, 1.165) is 210 Å². The SMILES string of the molecule is CC(C)(C)OC(=O)N1CCC[C@H]1c1ncc(Br)[nH]1.COC(=O)N[C@H](C(=O)N1CCC[C@H]1c1nc2c(ccc3c4c(ccc32)-c2ccc(-c3cnc([C@@H]5CCCN5C(=O)OC(C)(C)C)[nH]3)cc2CO4)[nH]1)C(C)C.COC(=O)N[C@H](C(=O)N1CCC[C@H]1c1ncc(-c2ccc3c(c2)COc2c-3ccc3c2ccc2[nH]c([C@@H]4CCCN4C(=O)[C@@H](NC(=O)OC)C(C)C)nc23)[nH]1)C(C)C. The molecule has 8 atom stereocenters. The number of aromatic nitrogens is 10. The van der Waals surface area contributed by atoms with Crippen molar-refractivity contribution in [3.8, 4) is 56.3 Å². The van der Waals surface area contributed by atoms with E-state index in [2.05, 4.69) is 135 Å². The average Bonchev–Trinajstić information content (AvgIpc) is 1.46. The van der Waals surface area contributed by atoms with Crippen molar-refractivity contribution in [2.45, 2.75) is 220 Å². The number of nitrogens with zero attached hydrogens (tertiary/aromatic N) is 10. The standard InChI is InChI=1S/C43H50N8O7.C41H47N7O6.C12H18BrN3O2/c1-22(2)34(48-42(54)56-5)40(52)50-17-7-9-32(50)38-44-20-31(46-38)24-11-12-26-25(19-24)21-58-37-28(26)14-13-27-29(37)15-16-30-36(27)47-39(45-30)33-10-8-18-51(33)41(53)35(23(3)4)49-43(55)57-6;1-22(2)33(46-39(50)52-6)38(49)47-17-7-10-32(47)37-43-29-16-15-28-26(34(29)45-37)13-14-27-25-12-11-23(19-24(25)21-53-35(27)28)30-20-42-36(44-30)31-9-8-18-48(31)40(51)54-41(3,4)5;1-12(2,3)18-11(17)16-6-4-5-8(16)10-14-7-9(13)15-10/h11-16,19-20,22-23,32-35H,7-10,17-18,21H2,1-6H3,(H,44,46)(H,45,47)(H,48,54)(H,49,55);11-16,19-20,22,31-33H,7-10,17-18,21H2,1-6H3,(H,42,44)(H,43,45)(H,46,50);7-8H,4-6H2,1-3H3,(H,14,15)/t32-,33-,34-,35-;31-,32-,33-;8-/m000/s1. The number of benzene rings is 6. The van der Waals surface area contributed by atoms with Crippen LogP contribution in [0.5, 0.6) is 11.5 Å². The second kappa shape index (κ2) is 37.4. The van der Waals surface area contributed by atoms with Gasteiger partial charge in [-0.2, -0.15) is 0 Å². The number of ether oxygens (including phenoxy) is 7. The summed E-state index contributed by atoms with van der Waals surface area (Å²) >= 11 is 3.33. The first-order chi connectivity index (χ1) is 62.2. The first-order valence-electron chi connectivity index (χ1n) is 44.9. The molecule has 34 heteroatoms. The number of likely N-dealkylation sites (tertiary alicyclic amines) is 5. The number of imidazole rings is 5. The van der Waals surface area contributed by atoms with E-state index in [9.17, 15) is 38.4 Å².